The molecule has 1 aliphatic rings. The van der Waals surface area contributed by atoms with Gasteiger partial charge in [-0.3, -0.25) is 0 Å². The molecule has 0 saturated carbocycles. The fourth-order valence-electron chi connectivity index (χ4n) is 1.66. The van der Waals surface area contributed by atoms with E-state index in [1.165, 1.54) is 6.08 Å². The van der Waals surface area contributed by atoms with E-state index in [2.05, 4.69) is 4.65 Å². The molecule has 0 bridgehead atoms. The van der Waals surface area contributed by atoms with Gasteiger partial charge in [0.2, 0.25) is 0 Å². The highest BCUT2D eigenvalue weighted by Gasteiger charge is 2.46. The molecular weight excluding hydrogens is 205 g/mol. The minimum atomic E-state index is -2.19. The van der Waals surface area contributed by atoms with Gasteiger partial charge < -0.3 is 14.7 Å². The van der Waals surface area contributed by atoms with E-state index in [0.717, 1.165) is 12.2 Å². The Kier molecular flexibility index (Phi) is 4.01. The molecule has 0 aromatic heterocycles. The predicted octanol–water partition coefficient (Wildman–Crippen LogP) is 1.27. The van der Waals surface area contributed by atoms with Crippen LogP contribution in [0.15, 0.2) is 24.1 Å². The molecule has 0 saturated heterocycles. The molecule has 1 rings (SSSR count). The van der Waals surface area contributed by atoms with E-state index in [-0.39, 0.29) is 6.42 Å². The Balaban J connectivity index is 2.97. The lowest BCUT2D eigenvalue weighted by Gasteiger charge is -2.35. The van der Waals surface area contributed by atoms with Crippen molar-refractivity contribution in [3.05, 3.63) is 24.1 Å². The van der Waals surface area contributed by atoms with Crippen molar-refractivity contribution in [3.63, 3.8) is 0 Å². The summed E-state index contributed by atoms with van der Waals surface area (Å²) in [6.07, 6.45) is 2.21. The lowest BCUT2D eigenvalue weighted by atomic mass is 9.86. The Labute approximate surface area is 87.2 Å². The van der Waals surface area contributed by atoms with Crippen molar-refractivity contribution >= 4 is 7.32 Å². The van der Waals surface area contributed by atoms with Gasteiger partial charge in [0.1, 0.15) is 11.4 Å². The summed E-state index contributed by atoms with van der Waals surface area (Å²) in [5, 5.41) is 17.4. The highest BCUT2D eigenvalue weighted by Crippen LogP contribution is 2.37. The Bertz CT molecular complexity index is 281. The van der Waals surface area contributed by atoms with E-state index < -0.39 is 24.9 Å². The first kappa shape index (κ1) is 12.4. The van der Waals surface area contributed by atoms with E-state index in [9.17, 15) is 8.78 Å². The molecule has 2 unspecified atom stereocenters. The zero-order valence-corrected chi connectivity index (χ0v) is 8.36. The number of alkyl halides is 1. The van der Waals surface area contributed by atoms with Crippen molar-refractivity contribution < 1.29 is 23.5 Å². The van der Waals surface area contributed by atoms with Crippen LogP contribution in [0.4, 0.5) is 8.78 Å². The summed E-state index contributed by atoms with van der Waals surface area (Å²) in [7, 11) is -2.19. The standard InChI is InChI=1S/C9H13BF2O3/c1-2-6-9(15-10(13)14)7(11)4-3-5-8(9)12/h3-5,7,13-14H,2,6H2,1H3. The fraction of sp³-hybridized carbons (Fsp3) is 0.556. The number of rotatable bonds is 4. The Morgan fingerprint density at radius 3 is 2.73 bits per heavy atom. The van der Waals surface area contributed by atoms with Crippen molar-refractivity contribution in [3.8, 4) is 0 Å². The van der Waals surface area contributed by atoms with Crippen LogP contribution in [0, 0.1) is 0 Å². The second-order valence-corrected chi connectivity index (χ2v) is 3.38. The Hall–Kier alpha value is -0.715. The summed E-state index contributed by atoms with van der Waals surface area (Å²) in [5.41, 5.74) is -1.89. The summed E-state index contributed by atoms with van der Waals surface area (Å²) in [6.45, 7) is 1.73. The first-order valence-corrected chi connectivity index (χ1v) is 4.75. The van der Waals surface area contributed by atoms with Crippen LogP contribution in [-0.4, -0.2) is 29.1 Å². The SMILES string of the molecule is CCCC1(OB(O)O)C(F)=CC=CC1F. The smallest absolute Gasteiger partial charge is 0.402 e. The molecule has 0 aromatic carbocycles. The topological polar surface area (TPSA) is 49.7 Å². The summed E-state index contributed by atoms with van der Waals surface area (Å²) in [6, 6.07) is 0. The van der Waals surface area contributed by atoms with Gasteiger partial charge in [-0.2, -0.15) is 0 Å². The number of allylic oxidation sites excluding steroid dienone is 2. The molecule has 1 aliphatic carbocycles. The summed E-state index contributed by atoms with van der Waals surface area (Å²) < 4.78 is 31.7. The van der Waals surface area contributed by atoms with Crippen LogP contribution < -0.4 is 0 Å². The average molecular weight is 218 g/mol. The van der Waals surface area contributed by atoms with Crippen LogP contribution in [0.3, 0.4) is 0 Å². The minimum absolute atomic E-state index is 0.0401. The molecule has 0 heterocycles. The number of hydrogen-bond donors (Lipinski definition) is 2. The maximum atomic E-state index is 13.6. The van der Waals surface area contributed by atoms with Crippen LogP contribution in [0.5, 0.6) is 0 Å². The van der Waals surface area contributed by atoms with Crippen LogP contribution >= 0.6 is 0 Å². The predicted molar refractivity (Wildman–Crippen MR) is 52.1 cm³/mol. The van der Waals surface area contributed by atoms with Gasteiger partial charge in [-0.25, -0.2) is 8.78 Å². The van der Waals surface area contributed by atoms with E-state index in [0.29, 0.717) is 6.42 Å². The molecule has 0 spiro atoms. The van der Waals surface area contributed by atoms with Gasteiger partial charge in [-0.15, -0.1) is 0 Å². The third kappa shape index (κ3) is 2.45. The Morgan fingerprint density at radius 2 is 2.27 bits per heavy atom. The first-order valence-electron chi connectivity index (χ1n) is 4.75. The van der Waals surface area contributed by atoms with E-state index in [1.54, 1.807) is 6.92 Å². The molecule has 84 valence electrons. The van der Waals surface area contributed by atoms with Crippen molar-refractivity contribution in [2.45, 2.75) is 31.5 Å². The second kappa shape index (κ2) is 4.87. The van der Waals surface area contributed by atoms with Gasteiger partial charge in [-0.05, 0) is 18.6 Å². The highest BCUT2D eigenvalue weighted by molar-refractivity contribution is 6.32. The Morgan fingerprint density at radius 1 is 1.60 bits per heavy atom. The molecule has 3 nitrogen and oxygen atoms in total. The normalized spacial score (nSPS) is 30.2. The summed E-state index contributed by atoms with van der Waals surface area (Å²) >= 11 is 0. The first-order chi connectivity index (χ1) is 7.03. The van der Waals surface area contributed by atoms with Gasteiger partial charge in [0.15, 0.2) is 6.17 Å². The molecule has 6 heteroatoms. The van der Waals surface area contributed by atoms with Gasteiger partial charge >= 0.3 is 7.32 Å². The van der Waals surface area contributed by atoms with Crippen LogP contribution in [0.2, 0.25) is 0 Å². The fourth-order valence-corrected chi connectivity index (χ4v) is 1.66. The van der Waals surface area contributed by atoms with Crippen LogP contribution in [0.25, 0.3) is 0 Å². The van der Waals surface area contributed by atoms with Gasteiger partial charge in [0.05, 0.1) is 0 Å². The maximum absolute atomic E-state index is 13.6. The van der Waals surface area contributed by atoms with Crippen molar-refractivity contribution in [2.75, 3.05) is 0 Å². The molecule has 0 aromatic rings. The van der Waals surface area contributed by atoms with E-state index >= 15 is 0 Å². The average Bonchev–Trinajstić information content (AvgIpc) is 2.13. The molecule has 15 heavy (non-hydrogen) atoms. The molecule has 0 fully saturated rings. The molecule has 0 aliphatic heterocycles. The maximum Gasteiger partial charge on any atom is 0.634 e. The van der Waals surface area contributed by atoms with Crippen LogP contribution in [0.1, 0.15) is 19.8 Å². The quantitative estimate of drug-likeness (QED) is 0.698. The van der Waals surface area contributed by atoms with Crippen molar-refractivity contribution in [1.29, 1.82) is 0 Å². The molecular formula is C9H13BF2O3. The monoisotopic (exact) mass is 218 g/mol. The van der Waals surface area contributed by atoms with E-state index in [4.69, 9.17) is 10.0 Å². The largest absolute Gasteiger partial charge is 0.634 e. The number of halogens is 2. The lowest BCUT2D eigenvalue weighted by molar-refractivity contribution is -0.0221. The highest BCUT2D eigenvalue weighted by atomic mass is 19.1. The summed E-state index contributed by atoms with van der Waals surface area (Å²) in [4.78, 5) is 0. The lowest BCUT2D eigenvalue weighted by Crippen LogP contribution is -2.47. The zero-order valence-electron chi connectivity index (χ0n) is 8.36. The zero-order chi connectivity index (χ0) is 11.5. The van der Waals surface area contributed by atoms with Gasteiger partial charge in [0, 0.05) is 0 Å². The van der Waals surface area contributed by atoms with Crippen LogP contribution in [-0.2, 0) is 4.65 Å². The van der Waals surface area contributed by atoms with Crippen molar-refractivity contribution in [1.82, 2.24) is 0 Å². The molecule has 2 N–H and O–H groups in total. The second-order valence-electron chi connectivity index (χ2n) is 3.38. The van der Waals surface area contributed by atoms with Gasteiger partial charge in [-0.1, -0.05) is 19.4 Å². The molecule has 2 atom stereocenters. The van der Waals surface area contributed by atoms with E-state index in [1.807, 2.05) is 0 Å². The molecule has 0 radical (unpaired) electrons. The third-order valence-corrected chi connectivity index (χ3v) is 2.31. The van der Waals surface area contributed by atoms with Crippen molar-refractivity contribution in [2.24, 2.45) is 0 Å². The molecule has 0 amide bonds. The summed E-state index contributed by atoms with van der Waals surface area (Å²) in [5.74, 6) is -0.826. The minimum Gasteiger partial charge on any atom is -0.402 e. The third-order valence-electron chi connectivity index (χ3n) is 2.31. The number of hydrogen-bond acceptors (Lipinski definition) is 3. The van der Waals surface area contributed by atoms with Gasteiger partial charge in [0.25, 0.3) is 0 Å².